The van der Waals surface area contributed by atoms with E-state index in [1.54, 1.807) is 0 Å². The zero-order chi connectivity index (χ0) is 15.3. The van der Waals surface area contributed by atoms with Crippen LogP contribution in [0.15, 0.2) is 0 Å². The van der Waals surface area contributed by atoms with Gasteiger partial charge in [0.05, 0.1) is 12.0 Å². The predicted molar refractivity (Wildman–Crippen MR) is 78.5 cm³/mol. The molecule has 116 valence electrons. The lowest BCUT2D eigenvalue weighted by molar-refractivity contribution is -0.144. The van der Waals surface area contributed by atoms with Crippen LogP contribution in [0.2, 0.25) is 0 Å². The summed E-state index contributed by atoms with van der Waals surface area (Å²) in [6.45, 7) is 9.57. The van der Waals surface area contributed by atoms with Crippen molar-refractivity contribution in [3.05, 3.63) is 0 Å². The number of piperidine rings is 1. The van der Waals surface area contributed by atoms with E-state index < -0.39 is 5.97 Å². The van der Waals surface area contributed by atoms with Crippen molar-refractivity contribution in [3.8, 4) is 0 Å². The Labute approximate surface area is 121 Å². The van der Waals surface area contributed by atoms with Crippen LogP contribution in [-0.4, -0.2) is 47.1 Å². The van der Waals surface area contributed by atoms with Gasteiger partial charge in [-0.05, 0) is 39.0 Å². The minimum absolute atomic E-state index is 0.0475. The maximum Gasteiger partial charge on any atom is 0.306 e. The Kier molecular flexibility index (Phi) is 6.46. The van der Waals surface area contributed by atoms with Gasteiger partial charge in [-0.3, -0.25) is 14.5 Å². The lowest BCUT2D eigenvalue weighted by Crippen LogP contribution is -2.52. The van der Waals surface area contributed by atoms with E-state index in [4.69, 9.17) is 5.11 Å². The van der Waals surface area contributed by atoms with E-state index in [1.165, 1.54) is 0 Å². The normalized spacial score (nSPS) is 25.4. The van der Waals surface area contributed by atoms with E-state index in [-0.39, 0.29) is 23.9 Å². The van der Waals surface area contributed by atoms with Crippen molar-refractivity contribution in [2.75, 3.05) is 13.1 Å². The van der Waals surface area contributed by atoms with Crippen LogP contribution in [0.4, 0.5) is 0 Å². The van der Waals surface area contributed by atoms with E-state index >= 15 is 0 Å². The lowest BCUT2D eigenvalue weighted by Gasteiger charge is -2.39. The number of carboxylic acid groups (broad SMARTS) is 1. The smallest absolute Gasteiger partial charge is 0.306 e. The molecule has 0 aliphatic carbocycles. The van der Waals surface area contributed by atoms with Crippen molar-refractivity contribution in [2.24, 2.45) is 11.8 Å². The summed E-state index contributed by atoms with van der Waals surface area (Å²) in [5.74, 6) is -0.356. The molecule has 3 unspecified atom stereocenters. The molecule has 1 saturated heterocycles. The number of amides is 1. The Hall–Kier alpha value is -1.10. The zero-order valence-electron chi connectivity index (χ0n) is 13.1. The second kappa shape index (κ2) is 7.62. The first-order valence-corrected chi connectivity index (χ1v) is 7.59. The number of rotatable bonds is 6. The van der Waals surface area contributed by atoms with E-state index in [9.17, 15) is 9.59 Å². The SMILES string of the molecule is CC(C)CCNC(=O)C(C)N1CCC(C(=O)O)CC1C. The van der Waals surface area contributed by atoms with Crippen LogP contribution in [-0.2, 0) is 9.59 Å². The molecule has 0 radical (unpaired) electrons. The minimum Gasteiger partial charge on any atom is -0.481 e. The fraction of sp³-hybridized carbons (Fsp3) is 0.867. The van der Waals surface area contributed by atoms with E-state index in [2.05, 4.69) is 24.1 Å². The summed E-state index contributed by atoms with van der Waals surface area (Å²) in [7, 11) is 0. The first-order chi connectivity index (χ1) is 9.32. The number of likely N-dealkylation sites (tertiary alicyclic amines) is 1. The Morgan fingerprint density at radius 1 is 1.35 bits per heavy atom. The molecule has 1 fully saturated rings. The standard InChI is InChI=1S/C15H28N2O3/c1-10(2)5-7-16-14(18)12(4)17-8-6-13(15(19)20)9-11(17)3/h10-13H,5-9H2,1-4H3,(H,16,18)(H,19,20). The largest absolute Gasteiger partial charge is 0.481 e. The van der Waals surface area contributed by atoms with Crippen LogP contribution < -0.4 is 5.32 Å². The highest BCUT2D eigenvalue weighted by atomic mass is 16.4. The van der Waals surface area contributed by atoms with Crippen molar-refractivity contribution in [1.29, 1.82) is 0 Å². The summed E-state index contributed by atoms with van der Waals surface area (Å²) >= 11 is 0. The third-order valence-corrected chi connectivity index (χ3v) is 4.17. The van der Waals surface area contributed by atoms with Crippen molar-refractivity contribution in [1.82, 2.24) is 10.2 Å². The molecule has 1 aliphatic heterocycles. The first-order valence-electron chi connectivity index (χ1n) is 7.59. The van der Waals surface area contributed by atoms with Gasteiger partial charge in [0.1, 0.15) is 0 Å². The monoisotopic (exact) mass is 284 g/mol. The van der Waals surface area contributed by atoms with Gasteiger partial charge in [-0.1, -0.05) is 13.8 Å². The number of aliphatic carboxylic acids is 1. The molecule has 0 aromatic heterocycles. The molecule has 2 N–H and O–H groups in total. The number of hydrogen-bond donors (Lipinski definition) is 2. The van der Waals surface area contributed by atoms with Crippen molar-refractivity contribution >= 4 is 11.9 Å². The third kappa shape index (κ3) is 4.78. The van der Waals surface area contributed by atoms with Crippen LogP contribution in [0.3, 0.4) is 0 Å². The van der Waals surface area contributed by atoms with Gasteiger partial charge in [-0.2, -0.15) is 0 Å². The fourth-order valence-electron chi connectivity index (χ4n) is 2.77. The number of nitrogens with one attached hydrogen (secondary N) is 1. The van der Waals surface area contributed by atoms with Gasteiger partial charge in [-0.15, -0.1) is 0 Å². The molecule has 20 heavy (non-hydrogen) atoms. The van der Waals surface area contributed by atoms with Crippen LogP contribution in [0.1, 0.15) is 47.0 Å². The lowest BCUT2D eigenvalue weighted by atomic mass is 9.90. The van der Waals surface area contributed by atoms with Gasteiger partial charge in [0.25, 0.3) is 0 Å². The van der Waals surface area contributed by atoms with E-state index in [1.807, 2.05) is 13.8 Å². The Morgan fingerprint density at radius 3 is 2.50 bits per heavy atom. The molecular weight excluding hydrogens is 256 g/mol. The molecule has 5 heteroatoms. The number of carbonyl (C=O) groups excluding carboxylic acids is 1. The molecule has 0 bridgehead atoms. The van der Waals surface area contributed by atoms with Crippen molar-refractivity contribution in [2.45, 2.75) is 59.0 Å². The molecule has 1 rings (SSSR count). The van der Waals surface area contributed by atoms with E-state index in [0.29, 0.717) is 31.8 Å². The zero-order valence-corrected chi connectivity index (χ0v) is 13.1. The molecule has 0 aromatic carbocycles. The summed E-state index contributed by atoms with van der Waals surface area (Å²) in [5.41, 5.74) is 0. The average Bonchev–Trinajstić information content (AvgIpc) is 2.37. The molecule has 0 spiro atoms. The van der Waals surface area contributed by atoms with Crippen LogP contribution >= 0.6 is 0 Å². The summed E-state index contributed by atoms with van der Waals surface area (Å²) in [6.07, 6.45) is 2.23. The number of carbonyl (C=O) groups is 2. The summed E-state index contributed by atoms with van der Waals surface area (Å²) < 4.78 is 0. The molecule has 1 aliphatic rings. The summed E-state index contributed by atoms with van der Waals surface area (Å²) in [6, 6.07) is -0.0531. The highest BCUT2D eigenvalue weighted by Crippen LogP contribution is 2.24. The predicted octanol–water partition coefficient (Wildman–Crippen LogP) is 1.72. The quantitative estimate of drug-likeness (QED) is 0.779. The van der Waals surface area contributed by atoms with Gasteiger partial charge in [0.2, 0.25) is 5.91 Å². The van der Waals surface area contributed by atoms with Gasteiger partial charge >= 0.3 is 5.97 Å². The fourth-order valence-corrected chi connectivity index (χ4v) is 2.77. The van der Waals surface area contributed by atoms with Gasteiger partial charge in [-0.25, -0.2) is 0 Å². The third-order valence-electron chi connectivity index (χ3n) is 4.17. The Bertz CT molecular complexity index is 344. The second-order valence-corrected chi connectivity index (χ2v) is 6.30. The topological polar surface area (TPSA) is 69.6 Å². The summed E-state index contributed by atoms with van der Waals surface area (Å²) in [5, 5.41) is 12.0. The first kappa shape index (κ1) is 17.0. The molecule has 1 amide bonds. The average molecular weight is 284 g/mol. The van der Waals surface area contributed by atoms with Crippen LogP contribution in [0.5, 0.6) is 0 Å². The Balaban J connectivity index is 2.45. The Morgan fingerprint density at radius 2 is 2.00 bits per heavy atom. The maximum absolute atomic E-state index is 12.1. The van der Waals surface area contributed by atoms with Gasteiger partial charge in [0.15, 0.2) is 0 Å². The number of carboxylic acids is 1. The number of hydrogen-bond acceptors (Lipinski definition) is 3. The number of nitrogens with zero attached hydrogens (tertiary/aromatic N) is 1. The highest BCUT2D eigenvalue weighted by Gasteiger charge is 2.34. The summed E-state index contributed by atoms with van der Waals surface area (Å²) in [4.78, 5) is 25.2. The van der Waals surface area contributed by atoms with Gasteiger partial charge in [0, 0.05) is 19.1 Å². The second-order valence-electron chi connectivity index (χ2n) is 6.30. The molecule has 3 atom stereocenters. The van der Waals surface area contributed by atoms with E-state index in [0.717, 1.165) is 6.42 Å². The van der Waals surface area contributed by atoms with Crippen molar-refractivity contribution < 1.29 is 14.7 Å². The molecule has 0 aromatic rings. The molecule has 5 nitrogen and oxygen atoms in total. The molecule has 1 heterocycles. The van der Waals surface area contributed by atoms with Gasteiger partial charge < -0.3 is 10.4 Å². The maximum atomic E-state index is 12.1. The van der Waals surface area contributed by atoms with Crippen molar-refractivity contribution in [3.63, 3.8) is 0 Å². The molecule has 0 saturated carbocycles. The molecular formula is C15H28N2O3. The minimum atomic E-state index is -0.717. The van der Waals surface area contributed by atoms with Crippen LogP contribution in [0.25, 0.3) is 0 Å². The van der Waals surface area contributed by atoms with Crippen LogP contribution in [0, 0.1) is 11.8 Å². The highest BCUT2D eigenvalue weighted by molar-refractivity contribution is 5.81.